The van der Waals surface area contributed by atoms with Crippen molar-refractivity contribution in [3.8, 4) is 23.1 Å². The SMILES string of the molecule is CCOc1ccc(-c2cc3c(ncn3CCCBr)c(C#N)n2)cc1C(F)(F)F. The van der Waals surface area contributed by atoms with E-state index in [1.54, 1.807) is 19.3 Å². The second-order valence-corrected chi connectivity index (χ2v) is 6.75. The lowest BCUT2D eigenvalue weighted by Gasteiger charge is -2.14. The van der Waals surface area contributed by atoms with Crippen molar-refractivity contribution in [2.45, 2.75) is 26.1 Å². The molecule has 0 aliphatic rings. The molecule has 3 rings (SSSR count). The lowest BCUT2D eigenvalue weighted by Crippen LogP contribution is -2.09. The van der Waals surface area contributed by atoms with Gasteiger partial charge in [0.1, 0.15) is 17.3 Å². The van der Waals surface area contributed by atoms with Crippen LogP contribution in [-0.4, -0.2) is 26.5 Å². The van der Waals surface area contributed by atoms with Crippen LogP contribution in [0.5, 0.6) is 5.75 Å². The summed E-state index contributed by atoms with van der Waals surface area (Å²) < 4.78 is 47.3. The Morgan fingerprint density at radius 3 is 2.71 bits per heavy atom. The van der Waals surface area contributed by atoms with Gasteiger partial charge < -0.3 is 9.30 Å². The van der Waals surface area contributed by atoms with E-state index >= 15 is 0 Å². The van der Waals surface area contributed by atoms with Crippen molar-refractivity contribution in [3.63, 3.8) is 0 Å². The van der Waals surface area contributed by atoms with E-state index in [9.17, 15) is 18.4 Å². The Balaban J connectivity index is 2.16. The van der Waals surface area contributed by atoms with Crippen LogP contribution >= 0.6 is 15.9 Å². The van der Waals surface area contributed by atoms with Crippen molar-refractivity contribution in [3.05, 3.63) is 41.9 Å². The summed E-state index contributed by atoms with van der Waals surface area (Å²) in [5.41, 5.74) is 0.820. The van der Waals surface area contributed by atoms with Gasteiger partial charge in [-0.15, -0.1) is 0 Å². The number of aryl methyl sites for hydroxylation is 1. The van der Waals surface area contributed by atoms with Gasteiger partial charge in [0.25, 0.3) is 0 Å². The minimum absolute atomic E-state index is 0.0764. The van der Waals surface area contributed by atoms with E-state index < -0.39 is 11.7 Å². The number of nitriles is 1. The van der Waals surface area contributed by atoms with Gasteiger partial charge in [-0.25, -0.2) is 9.97 Å². The maximum absolute atomic E-state index is 13.4. The molecule has 0 saturated carbocycles. The highest BCUT2D eigenvalue weighted by molar-refractivity contribution is 9.09. The quantitative estimate of drug-likeness (QED) is 0.483. The first kappa shape index (κ1) is 20.1. The molecule has 0 amide bonds. The minimum Gasteiger partial charge on any atom is -0.493 e. The summed E-state index contributed by atoms with van der Waals surface area (Å²) in [6, 6.07) is 7.43. The lowest BCUT2D eigenvalue weighted by atomic mass is 10.1. The third kappa shape index (κ3) is 3.97. The zero-order chi connectivity index (χ0) is 20.3. The van der Waals surface area contributed by atoms with E-state index in [-0.39, 0.29) is 29.3 Å². The van der Waals surface area contributed by atoms with E-state index in [0.29, 0.717) is 17.6 Å². The molecule has 146 valence electrons. The van der Waals surface area contributed by atoms with Crippen molar-refractivity contribution < 1.29 is 17.9 Å². The van der Waals surface area contributed by atoms with Gasteiger partial charge in [0.2, 0.25) is 0 Å². The average Bonchev–Trinajstić information content (AvgIpc) is 3.08. The summed E-state index contributed by atoms with van der Waals surface area (Å²) in [4.78, 5) is 8.46. The highest BCUT2D eigenvalue weighted by atomic mass is 79.9. The van der Waals surface area contributed by atoms with E-state index in [0.717, 1.165) is 17.8 Å². The van der Waals surface area contributed by atoms with Crippen LogP contribution in [0.2, 0.25) is 0 Å². The first-order valence-corrected chi connectivity index (χ1v) is 9.67. The number of rotatable bonds is 6. The Hall–Kier alpha value is -2.60. The predicted molar refractivity (Wildman–Crippen MR) is 102 cm³/mol. The Bertz CT molecular complexity index is 1040. The summed E-state index contributed by atoms with van der Waals surface area (Å²) in [5, 5.41) is 10.2. The number of pyridine rings is 1. The van der Waals surface area contributed by atoms with Gasteiger partial charge in [-0.05, 0) is 37.6 Å². The third-order valence-electron chi connectivity index (χ3n) is 4.13. The molecule has 28 heavy (non-hydrogen) atoms. The van der Waals surface area contributed by atoms with Gasteiger partial charge in [-0.1, -0.05) is 15.9 Å². The van der Waals surface area contributed by atoms with Crippen molar-refractivity contribution in [2.24, 2.45) is 0 Å². The molecule has 0 unspecified atom stereocenters. The van der Waals surface area contributed by atoms with Crippen LogP contribution in [0, 0.1) is 11.3 Å². The minimum atomic E-state index is -4.57. The van der Waals surface area contributed by atoms with E-state index in [2.05, 4.69) is 25.9 Å². The molecule has 0 aliphatic carbocycles. The molecule has 0 radical (unpaired) electrons. The first-order chi connectivity index (χ1) is 13.4. The summed E-state index contributed by atoms with van der Waals surface area (Å²) in [6.45, 7) is 2.40. The molecule has 2 heterocycles. The van der Waals surface area contributed by atoms with Crippen LogP contribution in [0.25, 0.3) is 22.3 Å². The van der Waals surface area contributed by atoms with Crippen LogP contribution < -0.4 is 4.74 Å². The van der Waals surface area contributed by atoms with Crippen LogP contribution in [0.4, 0.5) is 13.2 Å². The number of alkyl halides is 4. The number of ether oxygens (including phenoxy) is 1. The van der Waals surface area contributed by atoms with Crippen molar-refractivity contribution in [1.82, 2.24) is 14.5 Å². The molecular weight excluding hydrogens is 437 g/mol. The fraction of sp³-hybridized carbons (Fsp3) is 0.316. The van der Waals surface area contributed by atoms with E-state index in [4.69, 9.17) is 4.74 Å². The van der Waals surface area contributed by atoms with Gasteiger partial charge >= 0.3 is 6.18 Å². The summed E-state index contributed by atoms with van der Waals surface area (Å²) in [6.07, 6.45) is -2.12. The molecule has 0 atom stereocenters. The largest absolute Gasteiger partial charge is 0.493 e. The molecule has 0 fully saturated rings. The highest BCUT2D eigenvalue weighted by Gasteiger charge is 2.35. The van der Waals surface area contributed by atoms with Crippen LogP contribution in [-0.2, 0) is 12.7 Å². The van der Waals surface area contributed by atoms with Crippen molar-refractivity contribution in [1.29, 1.82) is 5.26 Å². The van der Waals surface area contributed by atoms with Crippen molar-refractivity contribution >= 4 is 27.0 Å². The Morgan fingerprint density at radius 1 is 1.29 bits per heavy atom. The molecule has 2 aromatic heterocycles. The molecule has 9 heteroatoms. The number of hydrogen-bond donors (Lipinski definition) is 0. The Morgan fingerprint density at radius 2 is 2.07 bits per heavy atom. The normalized spacial score (nSPS) is 11.6. The van der Waals surface area contributed by atoms with Gasteiger partial charge in [0.05, 0.1) is 29.7 Å². The molecule has 0 spiro atoms. The molecular formula is C19H16BrF3N4O. The Kier molecular flexibility index (Phi) is 5.89. The maximum Gasteiger partial charge on any atom is 0.419 e. The maximum atomic E-state index is 13.4. The predicted octanol–water partition coefficient (Wildman–Crippen LogP) is 5.17. The highest BCUT2D eigenvalue weighted by Crippen LogP contribution is 2.39. The topological polar surface area (TPSA) is 63.7 Å². The van der Waals surface area contributed by atoms with Crippen molar-refractivity contribution in [2.75, 3.05) is 11.9 Å². The van der Waals surface area contributed by atoms with Gasteiger partial charge in [-0.3, -0.25) is 0 Å². The second kappa shape index (κ2) is 8.19. The number of benzene rings is 1. The number of imidazole rings is 1. The summed E-state index contributed by atoms with van der Waals surface area (Å²) in [5.74, 6) is -0.234. The van der Waals surface area contributed by atoms with E-state index in [1.165, 1.54) is 12.1 Å². The zero-order valence-corrected chi connectivity index (χ0v) is 16.5. The number of fused-ring (bicyclic) bond motifs is 1. The lowest BCUT2D eigenvalue weighted by molar-refractivity contribution is -0.138. The van der Waals surface area contributed by atoms with Gasteiger partial charge in [-0.2, -0.15) is 18.4 Å². The smallest absolute Gasteiger partial charge is 0.419 e. The molecule has 0 N–H and O–H groups in total. The zero-order valence-electron chi connectivity index (χ0n) is 14.9. The standard InChI is InChI=1S/C19H16BrF3N4O/c1-2-28-17-5-4-12(8-13(17)19(21,22)23)14-9-16-18(15(10-24)26-14)25-11-27(16)7-3-6-20/h4-5,8-9,11H,2-3,6-7H2,1H3. The van der Waals surface area contributed by atoms with E-state index in [1.807, 2.05) is 10.6 Å². The Labute approximate surface area is 167 Å². The van der Waals surface area contributed by atoms with Gasteiger partial charge in [0, 0.05) is 17.4 Å². The number of aromatic nitrogens is 3. The fourth-order valence-corrected chi connectivity index (χ4v) is 3.14. The van der Waals surface area contributed by atoms with Gasteiger partial charge in [0.15, 0.2) is 5.69 Å². The third-order valence-corrected chi connectivity index (χ3v) is 4.69. The number of halogens is 4. The molecule has 1 aromatic carbocycles. The second-order valence-electron chi connectivity index (χ2n) is 5.96. The fourth-order valence-electron chi connectivity index (χ4n) is 2.89. The number of hydrogen-bond acceptors (Lipinski definition) is 4. The summed E-state index contributed by atoms with van der Waals surface area (Å²) in [7, 11) is 0. The monoisotopic (exact) mass is 452 g/mol. The molecule has 3 aromatic rings. The first-order valence-electron chi connectivity index (χ1n) is 8.55. The molecule has 0 bridgehead atoms. The number of nitrogens with zero attached hydrogens (tertiary/aromatic N) is 4. The molecule has 5 nitrogen and oxygen atoms in total. The van der Waals surface area contributed by atoms with Crippen LogP contribution in [0.15, 0.2) is 30.6 Å². The molecule has 0 aliphatic heterocycles. The van der Waals surface area contributed by atoms with Crippen LogP contribution in [0.3, 0.4) is 0 Å². The molecule has 0 saturated heterocycles. The average molecular weight is 453 g/mol. The van der Waals surface area contributed by atoms with Crippen LogP contribution in [0.1, 0.15) is 24.6 Å². The summed E-state index contributed by atoms with van der Waals surface area (Å²) >= 11 is 3.37.